The minimum Gasteiger partial charge on any atom is -0.378 e. The first-order chi connectivity index (χ1) is 11.8. The molecule has 0 bridgehead atoms. The van der Waals surface area contributed by atoms with Crippen LogP contribution in [0.2, 0.25) is 0 Å². The molecule has 0 saturated carbocycles. The van der Waals surface area contributed by atoms with Crippen molar-refractivity contribution in [2.75, 3.05) is 57.4 Å². The predicted molar refractivity (Wildman–Crippen MR) is 94.5 cm³/mol. The van der Waals surface area contributed by atoms with Crippen LogP contribution >= 0.6 is 0 Å². The van der Waals surface area contributed by atoms with Gasteiger partial charge < -0.3 is 19.9 Å². The molecule has 0 spiro atoms. The standard InChI is InChI=1S/C18H28N4O2/c23-18(20-8-11-21-9-3-1-2-4-10-21)16-6-5-7-19-17(16)22-12-14-24-15-13-22/h5-7H,1-4,8-15H2,(H,20,23). The molecular formula is C18H28N4O2. The molecule has 2 saturated heterocycles. The van der Waals surface area contributed by atoms with Crippen molar-refractivity contribution in [3.8, 4) is 0 Å². The summed E-state index contributed by atoms with van der Waals surface area (Å²) in [6, 6.07) is 3.69. The van der Waals surface area contributed by atoms with Crippen LogP contribution in [-0.4, -0.2) is 68.3 Å². The Bertz CT molecular complexity index is 524. The van der Waals surface area contributed by atoms with Crippen LogP contribution in [0.15, 0.2) is 18.3 Å². The number of anilines is 1. The number of rotatable bonds is 5. The number of carbonyl (C=O) groups is 1. The van der Waals surface area contributed by atoms with E-state index in [4.69, 9.17) is 4.74 Å². The fourth-order valence-corrected chi connectivity index (χ4v) is 3.38. The summed E-state index contributed by atoms with van der Waals surface area (Å²) in [6.45, 7) is 6.87. The summed E-state index contributed by atoms with van der Waals surface area (Å²) in [7, 11) is 0. The molecule has 132 valence electrons. The van der Waals surface area contributed by atoms with E-state index in [0.29, 0.717) is 25.3 Å². The van der Waals surface area contributed by atoms with Crippen LogP contribution in [0.4, 0.5) is 5.82 Å². The van der Waals surface area contributed by atoms with Gasteiger partial charge in [-0.1, -0.05) is 12.8 Å². The van der Waals surface area contributed by atoms with Gasteiger partial charge in [-0.05, 0) is 38.1 Å². The highest BCUT2D eigenvalue weighted by Crippen LogP contribution is 2.18. The highest BCUT2D eigenvalue weighted by atomic mass is 16.5. The molecule has 2 fully saturated rings. The molecule has 6 heteroatoms. The molecule has 1 amide bonds. The van der Waals surface area contributed by atoms with E-state index in [1.807, 2.05) is 12.1 Å². The Balaban J connectivity index is 1.54. The highest BCUT2D eigenvalue weighted by molar-refractivity contribution is 5.98. The summed E-state index contributed by atoms with van der Waals surface area (Å²) in [5.74, 6) is 0.743. The summed E-state index contributed by atoms with van der Waals surface area (Å²) < 4.78 is 5.39. The van der Waals surface area contributed by atoms with E-state index in [1.165, 1.54) is 25.7 Å². The van der Waals surface area contributed by atoms with Crippen LogP contribution in [0.5, 0.6) is 0 Å². The summed E-state index contributed by atoms with van der Waals surface area (Å²) in [6.07, 6.45) is 6.97. The molecule has 2 aliphatic heterocycles. The average Bonchev–Trinajstić information content (AvgIpc) is 2.91. The fourth-order valence-electron chi connectivity index (χ4n) is 3.38. The second-order valence-electron chi connectivity index (χ2n) is 6.49. The Morgan fingerprint density at radius 3 is 2.62 bits per heavy atom. The van der Waals surface area contributed by atoms with Gasteiger partial charge in [0.2, 0.25) is 0 Å². The van der Waals surface area contributed by atoms with E-state index in [2.05, 4.69) is 20.1 Å². The lowest BCUT2D eigenvalue weighted by molar-refractivity contribution is 0.0946. The van der Waals surface area contributed by atoms with Gasteiger partial charge in [0.1, 0.15) is 5.82 Å². The van der Waals surface area contributed by atoms with Gasteiger partial charge in [-0.25, -0.2) is 4.98 Å². The lowest BCUT2D eigenvalue weighted by atomic mass is 10.2. The number of nitrogens with one attached hydrogen (secondary N) is 1. The maximum absolute atomic E-state index is 12.6. The summed E-state index contributed by atoms with van der Waals surface area (Å²) >= 11 is 0. The van der Waals surface area contributed by atoms with Crippen LogP contribution in [0.1, 0.15) is 36.0 Å². The van der Waals surface area contributed by atoms with Crippen LogP contribution in [-0.2, 0) is 4.74 Å². The number of likely N-dealkylation sites (tertiary alicyclic amines) is 1. The van der Waals surface area contributed by atoms with Crippen molar-refractivity contribution in [2.45, 2.75) is 25.7 Å². The Morgan fingerprint density at radius 2 is 1.88 bits per heavy atom. The Morgan fingerprint density at radius 1 is 1.12 bits per heavy atom. The third kappa shape index (κ3) is 4.68. The Labute approximate surface area is 144 Å². The molecule has 1 N–H and O–H groups in total. The SMILES string of the molecule is O=C(NCCN1CCCCCC1)c1cccnc1N1CCOCC1. The minimum atomic E-state index is -0.0283. The minimum absolute atomic E-state index is 0.0283. The van der Waals surface area contributed by atoms with E-state index in [0.717, 1.165) is 38.5 Å². The molecule has 1 aromatic rings. The molecule has 0 radical (unpaired) electrons. The molecule has 1 aromatic heterocycles. The zero-order chi connectivity index (χ0) is 16.6. The fraction of sp³-hybridized carbons (Fsp3) is 0.667. The van der Waals surface area contributed by atoms with E-state index >= 15 is 0 Å². The maximum atomic E-state index is 12.6. The molecule has 3 heterocycles. The second-order valence-corrected chi connectivity index (χ2v) is 6.49. The van der Waals surface area contributed by atoms with Crippen LogP contribution in [0, 0.1) is 0 Å². The van der Waals surface area contributed by atoms with Crippen molar-refractivity contribution >= 4 is 11.7 Å². The number of hydrogen-bond acceptors (Lipinski definition) is 5. The third-order valence-electron chi connectivity index (χ3n) is 4.75. The normalized spacial score (nSPS) is 19.8. The number of nitrogens with zero attached hydrogens (tertiary/aromatic N) is 3. The van der Waals surface area contributed by atoms with Gasteiger partial charge in [0, 0.05) is 32.4 Å². The van der Waals surface area contributed by atoms with Crippen LogP contribution in [0.25, 0.3) is 0 Å². The van der Waals surface area contributed by atoms with Gasteiger partial charge in [0.05, 0.1) is 18.8 Å². The molecule has 2 aliphatic rings. The first-order valence-electron chi connectivity index (χ1n) is 9.13. The summed E-state index contributed by atoms with van der Waals surface area (Å²) in [4.78, 5) is 21.6. The van der Waals surface area contributed by atoms with Crippen molar-refractivity contribution in [1.82, 2.24) is 15.2 Å². The Hall–Kier alpha value is -1.66. The number of aromatic nitrogens is 1. The smallest absolute Gasteiger partial charge is 0.255 e. The topological polar surface area (TPSA) is 57.7 Å². The van der Waals surface area contributed by atoms with Crippen molar-refractivity contribution in [1.29, 1.82) is 0 Å². The first-order valence-corrected chi connectivity index (χ1v) is 9.13. The second kappa shape index (κ2) is 8.99. The molecule has 0 atom stereocenters. The Kier molecular flexibility index (Phi) is 6.43. The quantitative estimate of drug-likeness (QED) is 0.886. The molecule has 0 aliphatic carbocycles. The van der Waals surface area contributed by atoms with E-state index in [9.17, 15) is 4.79 Å². The molecular weight excluding hydrogens is 304 g/mol. The van der Waals surface area contributed by atoms with Crippen molar-refractivity contribution < 1.29 is 9.53 Å². The van der Waals surface area contributed by atoms with E-state index in [1.54, 1.807) is 6.20 Å². The van der Waals surface area contributed by atoms with Gasteiger partial charge in [-0.3, -0.25) is 4.79 Å². The predicted octanol–water partition coefficient (Wildman–Crippen LogP) is 1.52. The number of pyridine rings is 1. The van der Waals surface area contributed by atoms with E-state index < -0.39 is 0 Å². The van der Waals surface area contributed by atoms with Crippen LogP contribution in [0.3, 0.4) is 0 Å². The van der Waals surface area contributed by atoms with Crippen molar-refractivity contribution in [2.24, 2.45) is 0 Å². The third-order valence-corrected chi connectivity index (χ3v) is 4.75. The van der Waals surface area contributed by atoms with Crippen LogP contribution < -0.4 is 10.2 Å². The van der Waals surface area contributed by atoms with Gasteiger partial charge >= 0.3 is 0 Å². The summed E-state index contributed by atoms with van der Waals surface area (Å²) in [5, 5.41) is 3.07. The van der Waals surface area contributed by atoms with Crippen molar-refractivity contribution in [3.05, 3.63) is 23.9 Å². The lowest BCUT2D eigenvalue weighted by Gasteiger charge is -2.29. The number of hydrogen-bond donors (Lipinski definition) is 1. The van der Waals surface area contributed by atoms with Crippen molar-refractivity contribution in [3.63, 3.8) is 0 Å². The average molecular weight is 332 g/mol. The number of carbonyl (C=O) groups excluding carboxylic acids is 1. The molecule has 3 rings (SSSR count). The first kappa shape index (κ1) is 17.2. The largest absolute Gasteiger partial charge is 0.378 e. The molecule has 24 heavy (non-hydrogen) atoms. The zero-order valence-corrected chi connectivity index (χ0v) is 14.4. The summed E-state index contributed by atoms with van der Waals surface area (Å²) in [5.41, 5.74) is 0.662. The van der Waals surface area contributed by atoms with Gasteiger partial charge in [-0.15, -0.1) is 0 Å². The van der Waals surface area contributed by atoms with E-state index in [-0.39, 0.29) is 5.91 Å². The molecule has 0 aromatic carbocycles. The van der Waals surface area contributed by atoms with Gasteiger partial charge in [-0.2, -0.15) is 0 Å². The van der Waals surface area contributed by atoms with Gasteiger partial charge in [0.25, 0.3) is 5.91 Å². The molecule has 6 nitrogen and oxygen atoms in total. The lowest BCUT2D eigenvalue weighted by Crippen LogP contribution is -2.39. The monoisotopic (exact) mass is 332 g/mol. The zero-order valence-electron chi connectivity index (χ0n) is 14.4. The number of amides is 1. The van der Waals surface area contributed by atoms with Gasteiger partial charge in [0.15, 0.2) is 0 Å². The number of ether oxygens (including phenoxy) is 1. The maximum Gasteiger partial charge on any atom is 0.255 e. The number of morpholine rings is 1. The molecule has 0 unspecified atom stereocenters. The highest BCUT2D eigenvalue weighted by Gasteiger charge is 2.19.